The van der Waals surface area contributed by atoms with Crippen molar-refractivity contribution in [2.75, 3.05) is 13.2 Å². The van der Waals surface area contributed by atoms with Gasteiger partial charge < -0.3 is 52.8 Å². The number of aliphatic hydroxyl groups is 2. The van der Waals surface area contributed by atoms with Crippen molar-refractivity contribution >= 4 is 35.8 Å². The van der Waals surface area contributed by atoms with Gasteiger partial charge in [-0.25, -0.2) is 0 Å². The molecule has 2 saturated heterocycles. The van der Waals surface area contributed by atoms with Gasteiger partial charge in [-0.2, -0.15) is 0 Å². The van der Waals surface area contributed by atoms with Crippen LogP contribution in [0.5, 0.6) is 0 Å². The van der Waals surface area contributed by atoms with Crippen LogP contribution in [0.2, 0.25) is 0 Å². The van der Waals surface area contributed by atoms with Gasteiger partial charge in [-0.05, 0) is 0 Å². The molecule has 0 aromatic rings. The zero-order chi connectivity index (χ0) is 35.3. The van der Waals surface area contributed by atoms with Crippen molar-refractivity contribution in [1.82, 2.24) is 0 Å². The molecule has 0 aromatic carbocycles. The highest BCUT2D eigenvalue weighted by Crippen LogP contribution is 2.35. The first-order valence-electron chi connectivity index (χ1n) is 15.8. The van der Waals surface area contributed by atoms with E-state index in [1.165, 1.54) is 41.5 Å². The van der Waals surface area contributed by atoms with E-state index >= 15 is 0 Å². The van der Waals surface area contributed by atoms with Gasteiger partial charge in [0, 0.05) is 38.5 Å². The van der Waals surface area contributed by atoms with E-state index in [4.69, 9.17) is 42.6 Å². The molecule has 2 heterocycles. The molecule has 4 unspecified atom stereocenters. The van der Waals surface area contributed by atoms with E-state index in [9.17, 15) is 39.0 Å². The summed E-state index contributed by atoms with van der Waals surface area (Å²) in [5, 5.41) is 20.5. The molecule has 2 fully saturated rings. The highest BCUT2D eigenvalue weighted by Gasteiger charge is 2.57. The Morgan fingerprint density at radius 3 is 0.894 bits per heavy atom. The van der Waals surface area contributed by atoms with Crippen molar-refractivity contribution in [3.63, 3.8) is 0 Å². The van der Waals surface area contributed by atoms with E-state index in [1.807, 2.05) is 0 Å². The first-order valence-corrected chi connectivity index (χ1v) is 15.8. The average Bonchev–Trinajstić information content (AvgIpc) is 3.08. The fourth-order valence-electron chi connectivity index (χ4n) is 4.62. The molecule has 0 amide bonds. The second-order valence-electron chi connectivity index (χ2n) is 10.4. The van der Waals surface area contributed by atoms with Gasteiger partial charge >= 0.3 is 35.8 Å². The SMILES string of the molecule is CCC(=O)OC1[C@H](OC(=O)CC)C(CO)O[C@H](O[C@H]2OC(CO)[C@@H](OC(=O)CC)[C@H](OC(=O)CC)C2OC(=O)CC)[C@@H]1OC(=O)CC. The molecule has 2 N–H and O–H groups in total. The van der Waals surface area contributed by atoms with Crippen LogP contribution in [0.1, 0.15) is 80.1 Å². The third-order valence-electron chi connectivity index (χ3n) is 7.15. The molecule has 47 heavy (non-hydrogen) atoms. The highest BCUT2D eigenvalue weighted by molar-refractivity contribution is 5.72. The smallest absolute Gasteiger partial charge is 0.306 e. The van der Waals surface area contributed by atoms with Crippen molar-refractivity contribution in [2.45, 2.75) is 141 Å². The lowest BCUT2D eigenvalue weighted by molar-refractivity contribution is -0.377. The number of carbonyl (C=O) groups excluding carboxylic acids is 6. The summed E-state index contributed by atoms with van der Waals surface area (Å²) >= 11 is 0. The highest BCUT2D eigenvalue weighted by atomic mass is 16.8. The maximum atomic E-state index is 12.6. The Bertz CT molecular complexity index is 997. The van der Waals surface area contributed by atoms with E-state index in [1.54, 1.807) is 0 Å². The lowest BCUT2D eigenvalue weighted by atomic mass is 9.96. The fraction of sp³-hybridized carbons (Fsp3) is 0.800. The zero-order valence-corrected chi connectivity index (χ0v) is 27.4. The van der Waals surface area contributed by atoms with Gasteiger partial charge in [-0.3, -0.25) is 28.8 Å². The summed E-state index contributed by atoms with van der Waals surface area (Å²) in [5.41, 5.74) is 0. The van der Waals surface area contributed by atoms with Gasteiger partial charge in [0.15, 0.2) is 36.6 Å². The zero-order valence-electron chi connectivity index (χ0n) is 27.4. The van der Waals surface area contributed by atoms with Crippen LogP contribution in [0, 0.1) is 0 Å². The molecule has 0 radical (unpaired) electrons. The second-order valence-corrected chi connectivity index (χ2v) is 10.4. The Kier molecular flexibility index (Phi) is 16.5. The molecule has 0 spiro atoms. The quantitative estimate of drug-likeness (QED) is 0.166. The Labute approximate surface area is 272 Å². The first-order chi connectivity index (χ1) is 22.4. The molecule has 268 valence electrons. The van der Waals surface area contributed by atoms with Crippen molar-refractivity contribution in [3.8, 4) is 0 Å². The van der Waals surface area contributed by atoms with E-state index in [2.05, 4.69) is 0 Å². The van der Waals surface area contributed by atoms with E-state index < -0.39 is 110 Å². The third-order valence-corrected chi connectivity index (χ3v) is 7.15. The van der Waals surface area contributed by atoms with Crippen LogP contribution < -0.4 is 0 Å². The van der Waals surface area contributed by atoms with Gasteiger partial charge in [0.1, 0.15) is 12.2 Å². The normalized spacial score (nSPS) is 30.4. The minimum Gasteiger partial charge on any atom is -0.455 e. The molecular weight excluding hydrogens is 632 g/mol. The van der Waals surface area contributed by atoms with Gasteiger partial charge in [-0.1, -0.05) is 41.5 Å². The van der Waals surface area contributed by atoms with Crippen LogP contribution in [0.25, 0.3) is 0 Å². The monoisotopic (exact) mass is 678 g/mol. The summed E-state index contributed by atoms with van der Waals surface area (Å²) in [6, 6.07) is 0. The number of hydrogen-bond acceptors (Lipinski definition) is 17. The van der Waals surface area contributed by atoms with Gasteiger partial charge in [0.2, 0.25) is 12.6 Å². The Morgan fingerprint density at radius 1 is 0.426 bits per heavy atom. The Morgan fingerprint density at radius 2 is 0.660 bits per heavy atom. The number of ether oxygens (including phenoxy) is 9. The predicted molar refractivity (Wildman–Crippen MR) is 154 cm³/mol. The first kappa shape index (κ1) is 39.8. The number of esters is 6. The number of hydrogen-bond donors (Lipinski definition) is 2. The molecule has 0 bridgehead atoms. The predicted octanol–water partition coefficient (Wildman–Crippen LogP) is 0.368. The molecular formula is C30H46O17. The standard InChI is InChI=1S/C30H46O17/c1-7-17(33)41-23-15(13-31)39-29(27(45-21(37)11-5)25(23)43-19(35)9-3)47-30-28(46-22(38)12-6)26(44-20(36)10-4)24(16(14-32)40-30)42-18(34)8-2/h15-16,23-32H,7-14H2,1-6H3/t15?,16?,23-,24-,25+,26?,27?,28-,29-,30-/m1/s1. The largest absolute Gasteiger partial charge is 0.455 e. The van der Waals surface area contributed by atoms with E-state index in [0.29, 0.717) is 0 Å². The van der Waals surface area contributed by atoms with Crippen LogP contribution in [0.3, 0.4) is 0 Å². The lowest BCUT2D eigenvalue weighted by Crippen LogP contribution is -2.66. The summed E-state index contributed by atoms with van der Waals surface area (Å²) in [6.07, 6.45) is -16.4. The summed E-state index contributed by atoms with van der Waals surface area (Å²) in [4.78, 5) is 75.0. The van der Waals surface area contributed by atoms with Gasteiger partial charge in [-0.15, -0.1) is 0 Å². The third kappa shape index (κ3) is 10.8. The summed E-state index contributed by atoms with van der Waals surface area (Å²) in [7, 11) is 0. The van der Waals surface area contributed by atoms with Crippen molar-refractivity contribution in [2.24, 2.45) is 0 Å². The van der Waals surface area contributed by atoms with Crippen LogP contribution in [0.4, 0.5) is 0 Å². The van der Waals surface area contributed by atoms with Crippen molar-refractivity contribution in [1.29, 1.82) is 0 Å². The molecule has 17 nitrogen and oxygen atoms in total. The molecule has 0 saturated carbocycles. The van der Waals surface area contributed by atoms with Crippen molar-refractivity contribution < 1.29 is 81.6 Å². The molecule has 17 heteroatoms. The molecule has 2 aliphatic heterocycles. The number of aliphatic hydroxyl groups excluding tert-OH is 2. The Hall–Kier alpha value is -3.38. The van der Waals surface area contributed by atoms with Gasteiger partial charge in [0.25, 0.3) is 0 Å². The van der Waals surface area contributed by atoms with E-state index in [-0.39, 0.29) is 38.5 Å². The number of carbonyl (C=O) groups is 6. The molecule has 10 atom stereocenters. The minimum atomic E-state index is -1.77. The molecule has 2 rings (SSSR count). The van der Waals surface area contributed by atoms with Crippen LogP contribution in [-0.4, -0.2) is 121 Å². The van der Waals surface area contributed by atoms with Crippen LogP contribution in [-0.2, 0) is 71.4 Å². The second kappa shape index (κ2) is 19.4. The van der Waals surface area contributed by atoms with E-state index in [0.717, 1.165) is 0 Å². The summed E-state index contributed by atoms with van der Waals surface area (Å²) in [5.74, 6) is -4.65. The minimum absolute atomic E-state index is 0.0903. The average molecular weight is 679 g/mol. The topological polar surface area (TPSA) is 226 Å². The lowest BCUT2D eigenvalue weighted by Gasteiger charge is -2.48. The van der Waals surface area contributed by atoms with Crippen molar-refractivity contribution in [3.05, 3.63) is 0 Å². The van der Waals surface area contributed by atoms with Crippen LogP contribution >= 0.6 is 0 Å². The molecule has 0 aliphatic carbocycles. The molecule has 0 aromatic heterocycles. The fourth-order valence-corrected chi connectivity index (χ4v) is 4.62. The van der Waals surface area contributed by atoms with Crippen LogP contribution in [0.15, 0.2) is 0 Å². The number of rotatable bonds is 16. The maximum Gasteiger partial charge on any atom is 0.306 e. The Balaban J connectivity index is 2.67. The summed E-state index contributed by atoms with van der Waals surface area (Å²) < 4.78 is 51.1. The van der Waals surface area contributed by atoms with Gasteiger partial charge in [0.05, 0.1) is 13.2 Å². The maximum absolute atomic E-state index is 12.6. The molecule has 2 aliphatic rings. The summed E-state index contributed by atoms with van der Waals surface area (Å²) in [6.45, 7) is 7.41.